The lowest BCUT2D eigenvalue weighted by Gasteiger charge is -2.19. The van der Waals surface area contributed by atoms with E-state index in [0.29, 0.717) is 100 Å². The molecule has 2 fully saturated rings. The Kier molecular flexibility index (Phi) is 57.3. The zero-order valence-corrected chi connectivity index (χ0v) is 84.2. The van der Waals surface area contributed by atoms with Crippen LogP contribution in [-0.2, 0) is 135 Å². The minimum Gasteiger partial charge on any atom is -0.481 e. The zero-order chi connectivity index (χ0) is 108. The predicted octanol–water partition coefficient (Wildman–Crippen LogP) is -0.0648. The first-order valence-corrected chi connectivity index (χ1v) is 56.6. The number of aliphatic hydroxyl groups excluding tert-OH is 2. The average molecular weight is 2240 g/mol. The van der Waals surface area contributed by atoms with Gasteiger partial charge in [-0.05, 0) is 51.4 Å². The maximum absolute atomic E-state index is 12.9. The first kappa shape index (κ1) is 129. The Labute approximate surface area is 825 Å². The fraction of sp³-hybridized carbons (Fsp3) is 0.635. The summed E-state index contributed by atoms with van der Waals surface area (Å²) in [6.45, 7) is -1.11. The third-order valence-electron chi connectivity index (χ3n) is 19.2. The van der Waals surface area contributed by atoms with Crippen molar-refractivity contribution in [1.29, 1.82) is 0 Å². The van der Waals surface area contributed by atoms with E-state index in [2.05, 4.69) is 76.6 Å². The molecule has 0 bridgehead atoms. The van der Waals surface area contributed by atoms with E-state index in [1.54, 1.807) is 0 Å². The molecule has 4 rings (SSSR count). The van der Waals surface area contributed by atoms with Crippen molar-refractivity contribution in [3.05, 3.63) is 65.2 Å². The van der Waals surface area contributed by atoms with Gasteiger partial charge in [-0.2, -0.15) is 17.2 Å². The number of carbonyl (C=O) groups is 15. The molecule has 2 aromatic heterocycles. The molecule has 25 N–H and O–H groups in total. The molecule has 804 valence electrons. The van der Waals surface area contributed by atoms with Crippen LogP contribution in [0.4, 0.5) is 0 Å². The van der Waals surface area contributed by atoms with E-state index in [1.807, 2.05) is 9.97 Å². The van der Waals surface area contributed by atoms with Crippen molar-refractivity contribution in [3.8, 4) is 23.7 Å². The van der Waals surface area contributed by atoms with Gasteiger partial charge >= 0.3 is 94.1 Å². The third kappa shape index (κ3) is 55.6. The third-order valence-corrected chi connectivity index (χ3v) is 31.8. The van der Waals surface area contributed by atoms with E-state index in [0.717, 1.165) is 21.5 Å². The van der Waals surface area contributed by atoms with Crippen LogP contribution in [0.15, 0.2) is 31.6 Å². The topological polar surface area (TPSA) is 952 Å². The summed E-state index contributed by atoms with van der Waals surface area (Å²) in [4.78, 5) is 305. The number of carboxylic acids is 6. The number of H-pyrrole nitrogens is 2. The molecule has 16 unspecified atom stereocenters. The Morgan fingerprint density at radius 3 is 1.13 bits per heavy atom. The highest BCUT2D eigenvalue weighted by atomic mass is 33.1. The van der Waals surface area contributed by atoms with Crippen LogP contribution in [0.25, 0.3) is 0 Å². The minimum absolute atomic E-state index is 0.0673. The first-order valence-electron chi connectivity index (χ1n) is 42.5. The second kappa shape index (κ2) is 63.8. The monoisotopic (exact) mass is 2240 g/mol. The number of aromatic amines is 2. The van der Waals surface area contributed by atoms with Gasteiger partial charge in [0, 0.05) is 107 Å². The molecular weight excluding hydrogens is 2130 g/mol. The number of rotatable bonds is 69. The Bertz CT molecular complexity index is 5480. The number of phosphoric acid groups is 6. The van der Waals surface area contributed by atoms with Gasteiger partial charge in [0.25, 0.3) is 11.1 Å². The summed E-state index contributed by atoms with van der Waals surface area (Å²) < 4.78 is 105. The molecule has 4 heterocycles. The SMILES string of the molecule is CC(=O)NC(CCCSSCCC(=O)NCC#Cc1cn(C2CC(O)C(COP(=O)(O)OP(=O)(O)OP(=O)(O)O)O2)c(=O)[nH]c1=O)C(=O)CCCCCCC(=O)NC(CC(=O)O)C(=O)CC(CC(=O)O)C(=O)O.NC(CCCSSCCC(=O)NCC#Cc1cn(C2CC(O)C(COP(=O)(O)OP(=O)(O)OP(=O)(O)O)O2)c(=O)[nH]c1=O)C(=O)CCCCCCC(=O)NC(CC(=O)O)C(=O)CC(CC(=O)O)C(=O)O. The Morgan fingerprint density at radius 1 is 0.434 bits per heavy atom. The molecule has 5 amide bonds. The molecule has 2 aliphatic heterocycles. The van der Waals surface area contributed by atoms with Crippen LogP contribution in [0.2, 0.25) is 0 Å². The van der Waals surface area contributed by atoms with E-state index >= 15 is 0 Å². The molecule has 0 aromatic carbocycles. The van der Waals surface area contributed by atoms with E-state index in [-0.39, 0.29) is 99.0 Å². The standard InChI is InChI=1S/C38H56N5O25P3S2.C36H54N5O24P3S2/c1-22(44)40-25(27(45)10-4-2-3-5-11-32(49)41-26(18-35(52)53)28(46)16-24(37(55)56)17-34(50)51)9-7-14-72-73-15-12-31(48)39-13-6-8-23-20-43(38(57)42-36(23)54)33-19-29(47)30(66-33)21-65-70(61,62)68-71(63,64)67-69(58,59)60;37-23(25(42)9-3-1-2-4-10-30(46)39-24(17-33(49)50)26(43)15-22(35(52)53)16-32(47)48)8-6-13-69-70-14-11-29(45)38-12-5-7-21-19-41(36(54)40-34(21)51)31-18-27(44)28(63-31)20-62-67(58,59)65-68(60,61)64-66(55,56)57/h20,24-26,29-30,33,47H,2-5,7,9-19,21H2,1H3,(H,39,48)(H,40,44)(H,41,49)(H,50,51)(H,52,53)(H,55,56)(H,61,62)(H,63,64)(H,42,54,57)(H2,58,59,60);19,22-24,27-28,31,44H,1-4,6,8-18,20,37H2,(H,38,45)(H,39,46)(H,47,48)(H,49,50)(H,52,53)(H,58,59)(H,60,61)(H,40,51,54)(H2,55,56,57). The number of hydrogen-bond acceptors (Lipinski definition) is 40. The molecule has 0 spiro atoms. The highest BCUT2D eigenvalue weighted by Gasteiger charge is 2.46. The number of carbonyl (C=O) groups excluding carboxylic acids is 9. The number of aliphatic hydroxyl groups is 2. The number of aliphatic carboxylic acids is 6. The summed E-state index contributed by atoms with van der Waals surface area (Å²) in [6, 6.07) is -4.48. The van der Waals surface area contributed by atoms with Gasteiger partial charge < -0.3 is 122 Å². The summed E-state index contributed by atoms with van der Waals surface area (Å²) in [5, 5.41) is 87.5. The Hall–Kier alpha value is -8.65. The molecule has 2 saturated heterocycles. The van der Waals surface area contributed by atoms with Crippen molar-refractivity contribution < 1.29 is 215 Å². The number of nitrogens with one attached hydrogen (secondary N) is 7. The number of aromatic nitrogens is 4. The van der Waals surface area contributed by atoms with Gasteiger partial charge in [-0.15, -0.1) is 0 Å². The van der Waals surface area contributed by atoms with Gasteiger partial charge in [0.15, 0.2) is 17.3 Å². The molecule has 143 heavy (non-hydrogen) atoms. The van der Waals surface area contributed by atoms with Gasteiger partial charge in [0.05, 0.1) is 100 Å². The number of ketones is 4. The summed E-state index contributed by atoms with van der Waals surface area (Å²) >= 11 is 0. The predicted molar refractivity (Wildman–Crippen MR) is 494 cm³/mol. The van der Waals surface area contributed by atoms with E-state index in [4.69, 9.17) is 55.2 Å². The number of carboxylic acid groups (broad SMARTS) is 6. The van der Waals surface area contributed by atoms with Crippen LogP contribution >= 0.6 is 90.1 Å². The molecule has 59 nitrogen and oxygen atoms in total. The van der Waals surface area contributed by atoms with E-state index in [1.165, 1.54) is 50.1 Å². The first-order chi connectivity index (χ1) is 66.5. The molecule has 69 heteroatoms. The van der Waals surface area contributed by atoms with Crippen LogP contribution in [0.1, 0.15) is 197 Å². The number of ether oxygens (including phenoxy) is 2. The van der Waals surface area contributed by atoms with Crippen molar-refractivity contribution in [2.24, 2.45) is 17.6 Å². The fourth-order valence-corrected chi connectivity index (χ4v) is 22.8. The molecule has 16 atom stereocenters. The summed E-state index contributed by atoms with van der Waals surface area (Å²) in [5.41, 5.74) is 1.75. The maximum atomic E-state index is 12.9. The van der Waals surface area contributed by atoms with Gasteiger partial charge in [0.2, 0.25) is 29.5 Å². The number of nitrogens with two attached hydrogens (primary N) is 1. The van der Waals surface area contributed by atoms with Crippen molar-refractivity contribution >= 4 is 179 Å². The fourth-order valence-electron chi connectivity index (χ4n) is 12.6. The van der Waals surface area contributed by atoms with E-state index in [9.17, 15) is 158 Å². The molecule has 0 radical (unpaired) electrons. The molecule has 2 aromatic rings. The number of nitrogens with zero attached hydrogens (tertiary/aromatic N) is 2. The summed E-state index contributed by atoms with van der Waals surface area (Å²) in [6.07, 6.45) is -5.95. The second-order valence-corrected chi connectivity index (χ2v) is 45.2. The van der Waals surface area contributed by atoms with Gasteiger partial charge in [-0.25, -0.2) is 37.0 Å². The second-order valence-electron chi connectivity index (χ2n) is 30.9. The minimum atomic E-state index is -5.81. The number of phosphoric ester groups is 2. The smallest absolute Gasteiger partial charge is 0.481 e. The number of amides is 5. The van der Waals surface area contributed by atoms with Gasteiger partial charge in [-0.3, -0.25) is 110 Å². The molecule has 0 aliphatic carbocycles. The highest BCUT2D eigenvalue weighted by Crippen LogP contribution is 2.67. The van der Waals surface area contributed by atoms with Crippen LogP contribution in [0, 0.1) is 35.5 Å². The summed E-state index contributed by atoms with van der Waals surface area (Å²) in [7, 11) is -28.2. The number of Topliss-reactive ketones (excluding diaryl/α,β-unsaturated/α-hetero) is 4. The number of hydrogen-bond donors (Lipinski definition) is 24. The average Bonchev–Trinajstić information content (AvgIpc) is 1.66. The Balaban J connectivity index is 0.000000736. The highest BCUT2D eigenvalue weighted by molar-refractivity contribution is 8.77. The van der Waals surface area contributed by atoms with E-state index < -0.39 is 259 Å². The van der Waals surface area contributed by atoms with Crippen molar-refractivity contribution in [2.75, 3.05) is 49.3 Å². The van der Waals surface area contributed by atoms with Crippen molar-refractivity contribution in [1.82, 2.24) is 45.7 Å². The van der Waals surface area contributed by atoms with Crippen LogP contribution in [0.5, 0.6) is 0 Å². The van der Waals surface area contributed by atoms with Crippen LogP contribution in [-0.4, -0.2) is 285 Å². The van der Waals surface area contributed by atoms with Crippen LogP contribution in [0.3, 0.4) is 0 Å². The largest absolute Gasteiger partial charge is 0.490 e. The zero-order valence-electron chi connectivity index (χ0n) is 75.5. The van der Waals surface area contributed by atoms with Gasteiger partial charge in [-0.1, -0.05) is 92.5 Å². The summed E-state index contributed by atoms with van der Waals surface area (Å²) in [5.74, 6) is -4.49. The lowest BCUT2D eigenvalue weighted by molar-refractivity contribution is -0.150. The molecule has 2 aliphatic rings. The van der Waals surface area contributed by atoms with Crippen LogP contribution < -0.4 is 54.8 Å². The lowest BCUT2D eigenvalue weighted by Crippen LogP contribution is -2.43. The lowest BCUT2D eigenvalue weighted by atomic mass is 9.94. The molecular formula is C74H110N10O49P6S4. The normalized spacial score (nSPS) is 18.5. The van der Waals surface area contributed by atoms with Crippen molar-refractivity contribution in [3.63, 3.8) is 0 Å². The Morgan fingerprint density at radius 2 is 0.783 bits per heavy atom. The van der Waals surface area contributed by atoms with Gasteiger partial charge in [0.1, 0.15) is 41.6 Å². The number of unbranched alkanes of at least 4 members (excludes halogenated alkanes) is 6. The molecule has 0 saturated carbocycles. The van der Waals surface area contributed by atoms with Crippen molar-refractivity contribution in [2.45, 2.75) is 235 Å². The maximum Gasteiger partial charge on any atom is 0.490 e. The quantitative estimate of drug-likeness (QED) is 0.0178.